The van der Waals surface area contributed by atoms with Crippen molar-refractivity contribution in [2.45, 2.75) is 26.2 Å². The molecule has 0 aliphatic rings. The monoisotopic (exact) mass is 423 g/mol. The number of carbonyl (C=O) groups is 2. The molecule has 0 saturated carbocycles. The van der Waals surface area contributed by atoms with Gasteiger partial charge in [-0.15, -0.1) is 11.3 Å². The molecule has 0 spiro atoms. The molecule has 0 saturated heterocycles. The van der Waals surface area contributed by atoms with Gasteiger partial charge in [0.2, 0.25) is 5.91 Å². The van der Waals surface area contributed by atoms with Crippen LogP contribution in [0.5, 0.6) is 5.75 Å². The van der Waals surface area contributed by atoms with Crippen LogP contribution in [0.4, 0.5) is 5.13 Å². The SMILES string of the molecule is CCCOc1ccc(-c2csc(NC(=O)CCCNC(=O)c3ccccc3)n2)cc1. The Morgan fingerprint density at radius 3 is 2.57 bits per heavy atom. The quantitative estimate of drug-likeness (QED) is 0.461. The molecule has 2 aromatic carbocycles. The van der Waals surface area contributed by atoms with Gasteiger partial charge in [0.25, 0.3) is 5.91 Å². The second-order valence-electron chi connectivity index (χ2n) is 6.68. The standard InChI is InChI=1S/C23H25N3O3S/c1-2-15-29-19-12-10-17(11-13-19)20-16-30-23(25-20)26-21(27)9-6-14-24-22(28)18-7-4-3-5-8-18/h3-5,7-8,10-13,16H,2,6,9,14-15H2,1H3,(H,24,28)(H,25,26,27). The van der Waals surface area contributed by atoms with Crippen molar-refractivity contribution < 1.29 is 14.3 Å². The predicted octanol–water partition coefficient (Wildman–Crippen LogP) is 4.75. The first-order chi connectivity index (χ1) is 14.7. The molecule has 3 aromatic rings. The maximum absolute atomic E-state index is 12.1. The molecule has 156 valence electrons. The topological polar surface area (TPSA) is 80.3 Å². The summed E-state index contributed by atoms with van der Waals surface area (Å²) >= 11 is 1.39. The van der Waals surface area contributed by atoms with Crippen molar-refractivity contribution in [3.63, 3.8) is 0 Å². The molecule has 7 heteroatoms. The highest BCUT2D eigenvalue weighted by Gasteiger charge is 2.09. The maximum atomic E-state index is 12.1. The van der Waals surface area contributed by atoms with E-state index in [0.29, 0.717) is 36.7 Å². The number of nitrogens with one attached hydrogen (secondary N) is 2. The lowest BCUT2D eigenvalue weighted by molar-refractivity contribution is -0.116. The van der Waals surface area contributed by atoms with Gasteiger partial charge < -0.3 is 15.4 Å². The van der Waals surface area contributed by atoms with Crippen LogP contribution in [0.15, 0.2) is 60.0 Å². The summed E-state index contributed by atoms with van der Waals surface area (Å²) in [6.45, 7) is 3.21. The number of anilines is 1. The fraction of sp³-hybridized carbons (Fsp3) is 0.261. The maximum Gasteiger partial charge on any atom is 0.251 e. The van der Waals surface area contributed by atoms with Gasteiger partial charge in [0, 0.05) is 29.5 Å². The van der Waals surface area contributed by atoms with Crippen molar-refractivity contribution in [2.24, 2.45) is 0 Å². The van der Waals surface area contributed by atoms with E-state index in [1.807, 2.05) is 47.8 Å². The van der Waals surface area contributed by atoms with Gasteiger partial charge in [-0.25, -0.2) is 4.98 Å². The zero-order valence-electron chi connectivity index (χ0n) is 16.9. The van der Waals surface area contributed by atoms with Crippen LogP contribution in [0.3, 0.4) is 0 Å². The Morgan fingerprint density at radius 1 is 1.07 bits per heavy atom. The summed E-state index contributed by atoms with van der Waals surface area (Å²) in [5.74, 6) is 0.587. The summed E-state index contributed by atoms with van der Waals surface area (Å²) in [5, 5.41) is 8.12. The molecule has 0 radical (unpaired) electrons. The van der Waals surface area contributed by atoms with E-state index in [0.717, 1.165) is 23.4 Å². The largest absolute Gasteiger partial charge is 0.494 e. The normalized spacial score (nSPS) is 10.4. The van der Waals surface area contributed by atoms with E-state index in [1.54, 1.807) is 12.1 Å². The molecule has 1 heterocycles. The molecule has 0 bridgehead atoms. The van der Waals surface area contributed by atoms with Crippen molar-refractivity contribution in [1.29, 1.82) is 0 Å². The molecule has 0 aliphatic carbocycles. The van der Waals surface area contributed by atoms with Gasteiger partial charge in [-0.05, 0) is 49.2 Å². The minimum atomic E-state index is -0.133. The predicted molar refractivity (Wildman–Crippen MR) is 120 cm³/mol. The fourth-order valence-electron chi connectivity index (χ4n) is 2.73. The first kappa shape index (κ1) is 21.5. The van der Waals surface area contributed by atoms with Crippen LogP contribution in [0, 0.1) is 0 Å². The van der Waals surface area contributed by atoms with Gasteiger partial charge in [0.05, 0.1) is 12.3 Å². The van der Waals surface area contributed by atoms with Gasteiger partial charge in [-0.1, -0.05) is 25.1 Å². The molecule has 3 rings (SSSR count). The molecule has 0 atom stereocenters. The van der Waals surface area contributed by atoms with Crippen molar-refractivity contribution in [3.8, 4) is 17.0 Å². The van der Waals surface area contributed by atoms with Crippen LogP contribution >= 0.6 is 11.3 Å². The highest BCUT2D eigenvalue weighted by molar-refractivity contribution is 7.14. The van der Waals surface area contributed by atoms with Gasteiger partial charge >= 0.3 is 0 Å². The van der Waals surface area contributed by atoms with Gasteiger partial charge in [-0.2, -0.15) is 0 Å². The Balaban J connectivity index is 1.42. The molecule has 6 nitrogen and oxygen atoms in total. The lowest BCUT2D eigenvalue weighted by Crippen LogP contribution is -2.25. The van der Waals surface area contributed by atoms with Crippen molar-refractivity contribution in [1.82, 2.24) is 10.3 Å². The minimum absolute atomic E-state index is 0.117. The number of amides is 2. The van der Waals surface area contributed by atoms with Crippen LogP contribution in [-0.2, 0) is 4.79 Å². The average molecular weight is 424 g/mol. The highest BCUT2D eigenvalue weighted by Crippen LogP contribution is 2.26. The Hall–Kier alpha value is -3.19. The van der Waals surface area contributed by atoms with Gasteiger partial charge in [0.1, 0.15) is 5.75 Å². The number of ether oxygens (including phenoxy) is 1. The molecule has 1 aromatic heterocycles. The number of benzene rings is 2. The molecule has 2 N–H and O–H groups in total. The fourth-order valence-corrected chi connectivity index (χ4v) is 3.47. The second kappa shape index (κ2) is 11.1. The first-order valence-electron chi connectivity index (χ1n) is 9.97. The van der Waals surface area contributed by atoms with Crippen LogP contribution in [0.1, 0.15) is 36.5 Å². The van der Waals surface area contributed by atoms with E-state index >= 15 is 0 Å². The highest BCUT2D eigenvalue weighted by atomic mass is 32.1. The van der Waals surface area contributed by atoms with E-state index in [4.69, 9.17) is 4.74 Å². The van der Waals surface area contributed by atoms with Crippen LogP contribution in [0.2, 0.25) is 0 Å². The molecule has 0 fully saturated rings. The van der Waals surface area contributed by atoms with E-state index in [1.165, 1.54) is 11.3 Å². The lowest BCUT2D eigenvalue weighted by atomic mass is 10.2. The molecular formula is C23H25N3O3S. The minimum Gasteiger partial charge on any atom is -0.494 e. The Labute approximate surface area is 180 Å². The number of aromatic nitrogens is 1. The lowest BCUT2D eigenvalue weighted by Gasteiger charge is -2.05. The summed E-state index contributed by atoms with van der Waals surface area (Å²) in [5.41, 5.74) is 2.40. The van der Waals surface area contributed by atoms with Crippen LogP contribution in [0.25, 0.3) is 11.3 Å². The van der Waals surface area contributed by atoms with E-state index in [2.05, 4.69) is 22.5 Å². The third-order valence-corrected chi connectivity index (χ3v) is 5.03. The number of hydrogen-bond acceptors (Lipinski definition) is 5. The number of rotatable bonds is 10. The van der Waals surface area contributed by atoms with Gasteiger partial charge in [-0.3, -0.25) is 9.59 Å². The second-order valence-corrected chi connectivity index (χ2v) is 7.54. The first-order valence-corrected chi connectivity index (χ1v) is 10.9. The smallest absolute Gasteiger partial charge is 0.251 e. The molecular weight excluding hydrogens is 398 g/mol. The summed E-state index contributed by atoms with van der Waals surface area (Å²) < 4.78 is 5.59. The Bertz CT molecular complexity index is 955. The van der Waals surface area contributed by atoms with E-state index < -0.39 is 0 Å². The number of hydrogen-bond donors (Lipinski definition) is 2. The molecule has 0 aliphatic heterocycles. The Morgan fingerprint density at radius 2 is 1.83 bits per heavy atom. The van der Waals surface area contributed by atoms with E-state index in [9.17, 15) is 9.59 Å². The average Bonchev–Trinajstić information content (AvgIpc) is 3.24. The summed E-state index contributed by atoms with van der Waals surface area (Å²) in [6, 6.07) is 16.8. The van der Waals surface area contributed by atoms with Crippen molar-refractivity contribution in [2.75, 3.05) is 18.5 Å². The number of nitrogens with zero attached hydrogens (tertiary/aromatic N) is 1. The van der Waals surface area contributed by atoms with Crippen LogP contribution in [-0.4, -0.2) is 29.9 Å². The van der Waals surface area contributed by atoms with E-state index in [-0.39, 0.29) is 11.8 Å². The number of thiazole rings is 1. The van der Waals surface area contributed by atoms with Crippen LogP contribution < -0.4 is 15.4 Å². The zero-order chi connectivity index (χ0) is 21.2. The van der Waals surface area contributed by atoms with Crippen molar-refractivity contribution in [3.05, 3.63) is 65.5 Å². The number of carbonyl (C=O) groups excluding carboxylic acids is 2. The third kappa shape index (κ3) is 6.42. The van der Waals surface area contributed by atoms with Gasteiger partial charge in [0.15, 0.2) is 5.13 Å². The summed E-state index contributed by atoms with van der Waals surface area (Å²) in [6.07, 6.45) is 1.84. The third-order valence-electron chi connectivity index (χ3n) is 4.28. The van der Waals surface area contributed by atoms with Crippen molar-refractivity contribution >= 4 is 28.3 Å². The molecule has 30 heavy (non-hydrogen) atoms. The summed E-state index contributed by atoms with van der Waals surface area (Å²) in [7, 11) is 0. The zero-order valence-corrected chi connectivity index (χ0v) is 17.7. The Kier molecular flexibility index (Phi) is 7.97. The molecule has 0 unspecified atom stereocenters. The molecule has 2 amide bonds. The summed E-state index contributed by atoms with van der Waals surface area (Å²) in [4.78, 5) is 28.6.